The van der Waals surface area contributed by atoms with Crippen LogP contribution < -0.4 is 5.73 Å². The average molecular weight is 264 g/mol. The highest BCUT2D eigenvalue weighted by molar-refractivity contribution is 7.80. The van der Waals surface area contributed by atoms with Crippen molar-refractivity contribution < 1.29 is 5.11 Å². The standard InChI is InChI=1S/C14H20N2OS/c15-14(18)8-13(12-4-2-1-3-5-12)16-7-6-11(9-16)10-17/h1-5,11,13,17H,6-10H2,(H2,15,18). The second-order valence-electron chi connectivity index (χ2n) is 4.93. The fourth-order valence-electron chi connectivity index (χ4n) is 2.62. The summed E-state index contributed by atoms with van der Waals surface area (Å²) < 4.78 is 0. The Bertz CT molecular complexity index is 396. The third-order valence-corrected chi connectivity index (χ3v) is 3.76. The van der Waals surface area contributed by atoms with Gasteiger partial charge in [-0.1, -0.05) is 42.5 Å². The molecule has 18 heavy (non-hydrogen) atoms. The molecule has 0 amide bonds. The molecule has 0 aromatic heterocycles. The highest BCUT2D eigenvalue weighted by atomic mass is 32.1. The number of rotatable bonds is 5. The first-order valence-corrected chi connectivity index (χ1v) is 6.79. The zero-order valence-corrected chi connectivity index (χ0v) is 11.3. The van der Waals surface area contributed by atoms with Crippen molar-refractivity contribution in [3.8, 4) is 0 Å². The lowest BCUT2D eigenvalue weighted by Crippen LogP contribution is -2.30. The predicted octanol–water partition coefficient (Wildman–Crippen LogP) is 1.72. The molecule has 2 unspecified atom stereocenters. The van der Waals surface area contributed by atoms with E-state index in [0.717, 1.165) is 19.5 Å². The summed E-state index contributed by atoms with van der Waals surface area (Å²) in [4.78, 5) is 2.94. The molecule has 3 N–H and O–H groups in total. The Morgan fingerprint density at radius 1 is 1.44 bits per heavy atom. The first-order chi connectivity index (χ1) is 8.70. The van der Waals surface area contributed by atoms with E-state index in [4.69, 9.17) is 18.0 Å². The zero-order valence-electron chi connectivity index (χ0n) is 10.5. The minimum atomic E-state index is 0.250. The van der Waals surface area contributed by atoms with E-state index in [1.807, 2.05) is 18.2 Å². The summed E-state index contributed by atoms with van der Waals surface area (Å²) >= 11 is 5.07. The van der Waals surface area contributed by atoms with Crippen LogP contribution in [0.5, 0.6) is 0 Å². The molecule has 98 valence electrons. The monoisotopic (exact) mass is 264 g/mol. The number of aliphatic hydroxyl groups excluding tert-OH is 1. The van der Waals surface area contributed by atoms with E-state index >= 15 is 0 Å². The van der Waals surface area contributed by atoms with Crippen molar-refractivity contribution in [2.75, 3.05) is 19.7 Å². The number of nitrogens with two attached hydrogens (primary N) is 1. The molecule has 1 fully saturated rings. The van der Waals surface area contributed by atoms with E-state index in [9.17, 15) is 5.11 Å². The first-order valence-electron chi connectivity index (χ1n) is 6.39. The van der Waals surface area contributed by atoms with Gasteiger partial charge in [-0.15, -0.1) is 0 Å². The maximum Gasteiger partial charge on any atom is 0.0746 e. The van der Waals surface area contributed by atoms with Crippen molar-refractivity contribution in [2.24, 2.45) is 11.7 Å². The molecule has 0 radical (unpaired) electrons. The number of nitrogens with zero attached hydrogens (tertiary/aromatic N) is 1. The Balaban J connectivity index is 2.13. The Hall–Kier alpha value is -0.970. The summed E-state index contributed by atoms with van der Waals surface area (Å²) in [6.07, 6.45) is 1.76. The van der Waals surface area contributed by atoms with Crippen LogP contribution in [0.2, 0.25) is 0 Å². The largest absolute Gasteiger partial charge is 0.396 e. The number of hydrogen-bond donors (Lipinski definition) is 2. The quantitative estimate of drug-likeness (QED) is 0.795. The van der Waals surface area contributed by atoms with Gasteiger partial charge in [-0.3, -0.25) is 4.90 Å². The van der Waals surface area contributed by atoms with Gasteiger partial charge in [0.15, 0.2) is 0 Å². The normalized spacial score (nSPS) is 21.9. The van der Waals surface area contributed by atoms with Gasteiger partial charge in [-0.05, 0) is 24.4 Å². The van der Waals surface area contributed by atoms with Gasteiger partial charge < -0.3 is 10.8 Å². The predicted molar refractivity (Wildman–Crippen MR) is 77.4 cm³/mol. The molecule has 1 saturated heterocycles. The summed E-state index contributed by atoms with van der Waals surface area (Å²) in [6.45, 7) is 2.21. The lowest BCUT2D eigenvalue weighted by molar-refractivity contribution is 0.200. The van der Waals surface area contributed by atoms with Gasteiger partial charge in [0.1, 0.15) is 0 Å². The summed E-state index contributed by atoms with van der Waals surface area (Å²) in [6, 6.07) is 10.6. The van der Waals surface area contributed by atoms with Crippen LogP contribution in [0.4, 0.5) is 0 Å². The van der Waals surface area contributed by atoms with Crippen molar-refractivity contribution in [1.29, 1.82) is 0 Å². The Labute approximate surface area is 114 Å². The Morgan fingerprint density at radius 3 is 2.72 bits per heavy atom. The van der Waals surface area contributed by atoms with Crippen LogP contribution in [0.15, 0.2) is 30.3 Å². The first kappa shape index (κ1) is 13.5. The average Bonchev–Trinajstić information content (AvgIpc) is 2.85. The van der Waals surface area contributed by atoms with E-state index in [1.54, 1.807) is 0 Å². The van der Waals surface area contributed by atoms with Crippen molar-refractivity contribution in [1.82, 2.24) is 4.90 Å². The molecule has 1 heterocycles. The van der Waals surface area contributed by atoms with Crippen molar-refractivity contribution in [3.05, 3.63) is 35.9 Å². The molecule has 0 bridgehead atoms. The third-order valence-electron chi connectivity index (χ3n) is 3.60. The lowest BCUT2D eigenvalue weighted by Gasteiger charge is -2.28. The number of benzene rings is 1. The maximum atomic E-state index is 9.24. The molecule has 2 atom stereocenters. The second-order valence-corrected chi connectivity index (χ2v) is 5.45. The molecule has 1 aromatic rings. The van der Waals surface area contributed by atoms with Gasteiger partial charge >= 0.3 is 0 Å². The van der Waals surface area contributed by atoms with E-state index in [-0.39, 0.29) is 12.6 Å². The van der Waals surface area contributed by atoms with E-state index in [0.29, 0.717) is 17.3 Å². The molecular formula is C14H20N2OS. The number of thiocarbonyl (C=S) groups is 1. The number of likely N-dealkylation sites (tertiary alicyclic amines) is 1. The van der Waals surface area contributed by atoms with Gasteiger partial charge in [-0.25, -0.2) is 0 Å². The molecule has 1 aromatic carbocycles. The van der Waals surface area contributed by atoms with Crippen LogP contribution in [0, 0.1) is 5.92 Å². The molecule has 4 heteroatoms. The Morgan fingerprint density at radius 2 is 2.17 bits per heavy atom. The molecule has 1 aliphatic heterocycles. The summed E-state index contributed by atoms with van der Waals surface area (Å²) in [7, 11) is 0. The summed E-state index contributed by atoms with van der Waals surface area (Å²) in [5.41, 5.74) is 6.97. The molecule has 2 rings (SSSR count). The van der Waals surface area contributed by atoms with E-state index in [1.165, 1.54) is 5.56 Å². The SMILES string of the molecule is NC(=S)CC(c1ccccc1)N1CCC(CO)C1. The van der Waals surface area contributed by atoms with E-state index < -0.39 is 0 Å². The molecule has 0 spiro atoms. The minimum absolute atomic E-state index is 0.250. The molecule has 0 aliphatic carbocycles. The zero-order chi connectivity index (χ0) is 13.0. The van der Waals surface area contributed by atoms with Crippen molar-refractivity contribution in [2.45, 2.75) is 18.9 Å². The Kier molecular flexibility index (Phi) is 4.69. The molecule has 1 aliphatic rings. The van der Waals surface area contributed by atoms with Crippen LogP contribution >= 0.6 is 12.2 Å². The molecular weight excluding hydrogens is 244 g/mol. The number of hydrogen-bond acceptors (Lipinski definition) is 3. The van der Waals surface area contributed by atoms with Crippen LogP contribution in [-0.2, 0) is 0 Å². The highest BCUT2D eigenvalue weighted by Crippen LogP contribution is 2.30. The van der Waals surface area contributed by atoms with Gasteiger partial charge in [0.25, 0.3) is 0 Å². The van der Waals surface area contributed by atoms with Crippen LogP contribution in [0.3, 0.4) is 0 Å². The van der Waals surface area contributed by atoms with Crippen molar-refractivity contribution in [3.63, 3.8) is 0 Å². The van der Waals surface area contributed by atoms with E-state index in [2.05, 4.69) is 17.0 Å². The third kappa shape index (κ3) is 3.28. The van der Waals surface area contributed by atoms with Crippen LogP contribution in [-0.4, -0.2) is 34.7 Å². The lowest BCUT2D eigenvalue weighted by atomic mass is 10.0. The van der Waals surface area contributed by atoms with Gasteiger partial charge in [-0.2, -0.15) is 0 Å². The summed E-state index contributed by atoms with van der Waals surface area (Å²) in [5, 5.41) is 9.24. The number of aliphatic hydroxyl groups is 1. The van der Waals surface area contributed by atoms with Crippen LogP contribution in [0.1, 0.15) is 24.4 Å². The topological polar surface area (TPSA) is 49.5 Å². The van der Waals surface area contributed by atoms with Gasteiger partial charge in [0.2, 0.25) is 0 Å². The second kappa shape index (κ2) is 6.27. The fraction of sp³-hybridized carbons (Fsp3) is 0.500. The van der Waals surface area contributed by atoms with Crippen LogP contribution in [0.25, 0.3) is 0 Å². The minimum Gasteiger partial charge on any atom is -0.396 e. The smallest absolute Gasteiger partial charge is 0.0746 e. The fourth-order valence-corrected chi connectivity index (χ4v) is 2.78. The maximum absolute atomic E-state index is 9.24. The summed E-state index contributed by atoms with van der Waals surface area (Å²) in [5.74, 6) is 0.391. The van der Waals surface area contributed by atoms with Gasteiger partial charge in [0.05, 0.1) is 4.99 Å². The molecule has 0 saturated carbocycles. The van der Waals surface area contributed by atoms with Crippen molar-refractivity contribution >= 4 is 17.2 Å². The molecule has 3 nitrogen and oxygen atoms in total. The van der Waals surface area contributed by atoms with Gasteiger partial charge in [0, 0.05) is 25.6 Å². The highest BCUT2D eigenvalue weighted by Gasteiger charge is 2.28.